The second-order valence-electron chi connectivity index (χ2n) is 6.75. The number of carbonyl (C=O) groups is 1. The van der Waals surface area contributed by atoms with Crippen LogP contribution in [0.3, 0.4) is 0 Å². The van der Waals surface area contributed by atoms with Crippen LogP contribution < -0.4 is 19.5 Å². The summed E-state index contributed by atoms with van der Waals surface area (Å²) in [6, 6.07) is 9.92. The Hall–Kier alpha value is -2.69. The van der Waals surface area contributed by atoms with Crippen LogP contribution in [0.15, 0.2) is 30.3 Å². The van der Waals surface area contributed by atoms with E-state index in [-0.39, 0.29) is 5.91 Å². The van der Waals surface area contributed by atoms with Crippen molar-refractivity contribution in [1.29, 1.82) is 0 Å². The molecule has 0 spiro atoms. The van der Waals surface area contributed by atoms with Crippen molar-refractivity contribution in [2.75, 3.05) is 27.9 Å². The van der Waals surface area contributed by atoms with Crippen molar-refractivity contribution in [2.24, 2.45) is 0 Å². The van der Waals surface area contributed by atoms with Crippen LogP contribution in [0, 0.1) is 0 Å². The van der Waals surface area contributed by atoms with Gasteiger partial charge in [-0.2, -0.15) is 0 Å². The molecule has 27 heavy (non-hydrogen) atoms. The van der Waals surface area contributed by atoms with Crippen molar-refractivity contribution in [3.63, 3.8) is 0 Å². The molecule has 0 radical (unpaired) electrons. The summed E-state index contributed by atoms with van der Waals surface area (Å²) in [7, 11) is 4.89. The first-order chi connectivity index (χ1) is 13.1. The van der Waals surface area contributed by atoms with Gasteiger partial charge >= 0.3 is 0 Å². The zero-order valence-electron chi connectivity index (χ0n) is 16.3. The predicted octanol–water partition coefficient (Wildman–Crippen LogP) is 3.10. The van der Waals surface area contributed by atoms with Crippen LogP contribution in [-0.2, 0) is 30.5 Å². The van der Waals surface area contributed by atoms with Crippen molar-refractivity contribution in [2.45, 2.75) is 32.1 Å². The maximum absolute atomic E-state index is 12.3. The average Bonchev–Trinajstić information content (AvgIpc) is 3.14. The summed E-state index contributed by atoms with van der Waals surface area (Å²) >= 11 is 0. The van der Waals surface area contributed by atoms with E-state index in [2.05, 4.69) is 17.4 Å². The number of ether oxygens (including phenoxy) is 3. The van der Waals surface area contributed by atoms with Gasteiger partial charge in [0.05, 0.1) is 27.8 Å². The molecule has 0 heterocycles. The van der Waals surface area contributed by atoms with Gasteiger partial charge in [0.1, 0.15) is 5.75 Å². The highest BCUT2D eigenvalue weighted by Gasteiger charge is 2.15. The Morgan fingerprint density at radius 1 is 0.926 bits per heavy atom. The Bertz CT molecular complexity index is 816. The summed E-state index contributed by atoms with van der Waals surface area (Å²) in [5.41, 5.74) is 4.86. The van der Waals surface area contributed by atoms with E-state index in [9.17, 15) is 4.79 Å². The lowest BCUT2D eigenvalue weighted by atomic mass is 10.0. The molecule has 144 valence electrons. The number of benzene rings is 2. The number of hydrogen-bond donors (Lipinski definition) is 1. The Balaban J connectivity index is 1.56. The van der Waals surface area contributed by atoms with Gasteiger partial charge in [-0.05, 0) is 66.1 Å². The molecule has 0 atom stereocenters. The molecule has 1 N–H and O–H groups in total. The molecule has 0 saturated heterocycles. The molecular formula is C22H27NO4. The molecule has 0 aliphatic heterocycles. The molecule has 0 saturated carbocycles. The second-order valence-corrected chi connectivity index (χ2v) is 6.75. The largest absolute Gasteiger partial charge is 0.496 e. The first-order valence-electron chi connectivity index (χ1n) is 9.31. The normalized spacial score (nSPS) is 12.4. The lowest BCUT2D eigenvalue weighted by Gasteiger charge is -2.13. The van der Waals surface area contributed by atoms with E-state index in [1.54, 1.807) is 21.3 Å². The monoisotopic (exact) mass is 369 g/mol. The van der Waals surface area contributed by atoms with Gasteiger partial charge in [-0.15, -0.1) is 0 Å². The summed E-state index contributed by atoms with van der Waals surface area (Å²) in [5, 5.41) is 3.00. The van der Waals surface area contributed by atoms with Gasteiger partial charge in [0.2, 0.25) is 5.91 Å². The maximum Gasteiger partial charge on any atom is 0.224 e. The van der Waals surface area contributed by atoms with Crippen LogP contribution in [0.1, 0.15) is 28.7 Å². The van der Waals surface area contributed by atoms with E-state index >= 15 is 0 Å². The zero-order chi connectivity index (χ0) is 19.2. The van der Waals surface area contributed by atoms with E-state index in [0.29, 0.717) is 24.5 Å². The van der Waals surface area contributed by atoms with Gasteiger partial charge < -0.3 is 19.5 Å². The summed E-state index contributed by atoms with van der Waals surface area (Å²) in [5.74, 6) is 2.20. The number of rotatable bonds is 8. The van der Waals surface area contributed by atoms with Crippen LogP contribution >= 0.6 is 0 Å². The molecule has 0 bridgehead atoms. The second kappa shape index (κ2) is 8.80. The van der Waals surface area contributed by atoms with Crippen molar-refractivity contribution in [1.82, 2.24) is 5.32 Å². The lowest BCUT2D eigenvalue weighted by Crippen LogP contribution is -2.27. The highest BCUT2D eigenvalue weighted by molar-refractivity contribution is 5.78. The molecule has 2 aromatic carbocycles. The van der Waals surface area contributed by atoms with Crippen LogP contribution in [0.4, 0.5) is 0 Å². The fourth-order valence-electron chi connectivity index (χ4n) is 3.61. The highest BCUT2D eigenvalue weighted by atomic mass is 16.5. The van der Waals surface area contributed by atoms with Crippen LogP contribution in [0.25, 0.3) is 0 Å². The highest BCUT2D eigenvalue weighted by Crippen LogP contribution is 2.30. The Morgan fingerprint density at radius 2 is 1.63 bits per heavy atom. The zero-order valence-corrected chi connectivity index (χ0v) is 16.3. The number of methoxy groups -OCH3 is 3. The van der Waals surface area contributed by atoms with Gasteiger partial charge in [-0.1, -0.05) is 12.1 Å². The van der Waals surface area contributed by atoms with Gasteiger partial charge in [-0.25, -0.2) is 0 Å². The maximum atomic E-state index is 12.3. The third-order valence-corrected chi connectivity index (χ3v) is 5.02. The molecule has 2 aromatic rings. The molecule has 0 aromatic heterocycles. The molecule has 3 rings (SSSR count). The number of nitrogens with one attached hydrogen (secondary N) is 1. The molecule has 1 amide bonds. The Kier molecular flexibility index (Phi) is 6.22. The Labute approximate surface area is 160 Å². The predicted molar refractivity (Wildman–Crippen MR) is 105 cm³/mol. The summed E-state index contributed by atoms with van der Waals surface area (Å²) in [4.78, 5) is 12.3. The summed E-state index contributed by atoms with van der Waals surface area (Å²) in [6.45, 7) is 0.585. The van der Waals surface area contributed by atoms with Crippen LogP contribution in [-0.4, -0.2) is 33.8 Å². The van der Waals surface area contributed by atoms with Crippen LogP contribution in [0.5, 0.6) is 17.2 Å². The topological polar surface area (TPSA) is 56.8 Å². The first-order valence-corrected chi connectivity index (χ1v) is 9.31. The number of amides is 1. The van der Waals surface area contributed by atoms with E-state index in [0.717, 1.165) is 36.1 Å². The van der Waals surface area contributed by atoms with E-state index < -0.39 is 0 Å². The Morgan fingerprint density at radius 3 is 2.33 bits per heavy atom. The van der Waals surface area contributed by atoms with Gasteiger partial charge in [0.15, 0.2) is 11.5 Å². The van der Waals surface area contributed by atoms with Gasteiger partial charge in [-0.3, -0.25) is 4.79 Å². The molecule has 5 nitrogen and oxygen atoms in total. The fraction of sp³-hybridized carbons (Fsp3) is 0.409. The SMILES string of the molecule is COc1cc2c(cc1CCNC(=O)Cc1ccc(OC)c(OC)c1)CCC2. The minimum absolute atomic E-state index is 0.0117. The first kappa shape index (κ1) is 19.1. The van der Waals surface area contributed by atoms with Crippen LogP contribution in [0.2, 0.25) is 0 Å². The molecular weight excluding hydrogens is 342 g/mol. The van der Waals surface area contributed by atoms with Gasteiger partial charge in [0.25, 0.3) is 0 Å². The van der Waals surface area contributed by atoms with E-state index in [4.69, 9.17) is 14.2 Å². The third-order valence-electron chi connectivity index (χ3n) is 5.02. The number of carbonyl (C=O) groups excluding carboxylic acids is 1. The molecule has 1 aliphatic carbocycles. The van der Waals surface area contributed by atoms with Crippen molar-refractivity contribution < 1.29 is 19.0 Å². The molecule has 0 unspecified atom stereocenters. The third kappa shape index (κ3) is 4.54. The minimum Gasteiger partial charge on any atom is -0.496 e. The van der Waals surface area contributed by atoms with E-state index in [1.807, 2.05) is 18.2 Å². The summed E-state index contributed by atoms with van der Waals surface area (Å²) < 4.78 is 16.0. The quantitative estimate of drug-likeness (QED) is 0.777. The number of hydrogen-bond acceptors (Lipinski definition) is 4. The standard InChI is InChI=1S/C22H27NO4/c1-25-19-8-7-15(11-21(19)27-3)12-22(24)23-10-9-18-13-16-5-4-6-17(16)14-20(18)26-2/h7-8,11,13-14H,4-6,9-10,12H2,1-3H3,(H,23,24). The number of aryl methyl sites for hydroxylation is 2. The molecule has 0 fully saturated rings. The smallest absolute Gasteiger partial charge is 0.224 e. The fourth-order valence-corrected chi connectivity index (χ4v) is 3.61. The van der Waals surface area contributed by atoms with Crippen molar-refractivity contribution in [3.05, 3.63) is 52.6 Å². The number of fused-ring (bicyclic) bond motifs is 1. The van der Waals surface area contributed by atoms with E-state index in [1.165, 1.54) is 17.5 Å². The van der Waals surface area contributed by atoms with Gasteiger partial charge in [0, 0.05) is 6.54 Å². The molecule has 1 aliphatic rings. The minimum atomic E-state index is -0.0117. The molecule has 5 heteroatoms. The summed E-state index contributed by atoms with van der Waals surface area (Å²) in [6.07, 6.45) is 4.55. The van der Waals surface area contributed by atoms with Crippen molar-refractivity contribution in [3.8, 4) is 17.2 Å². The lowest BCUT2D eigenvalue weighted by molar-refractivity contribution is -0.120. The van der Waals surface area contributed by atoms with Crippen molar-refractivity contribution >= 4 is 5.91 Å². The average molecular weight is 369 g/mol.